The van der Waals surface area contributed by atoms with Crippen molar-refractivity contribution < 1.29 is 0 Å². The largest absolute Gasteiger partial charge is 0.309 e. The Morgan fingerprint density at radius 2 is 0.885 bits per heavy atom. The lowest BCUT2D eigenvalue weighted by atomic mass is 9.96. The minimum absolute atomic E-state index is 1.13. The van der Waals surface area contributed by atoms with Gasteiger partial charge in [-0.05, 0) is 97.9 Å². The van der Waals surface area contributed by atoms with Crippen molar-refractivity contribution in [1.82, 2.24) is 0 Å². The van der Waals surface area contributed by atoms with Crippen molar-refractivity contribution in [3.05, 3.63) is 200 Å². The number of anilines is 3. The van der Waals surface area contributed by atoms with Crippen molar-refractivity contribution >= 4 is 70.1 Å². The first-order chi connectivity index (χ1) is 25.8. The Bertz CT molecular complexity index is 2900. The van der Waals surface area contributed by atoms with Gasteiger partial charge in [-0.25, -0.2) is 0 Å². The molecule has 52 heavy (non-hydrogen) atoms. The summed E-state index contributed by atoms with van der Waals surface area (Å²) < 4.78 is 2.59. The van der Waals surface area contributed by atoms with Gasteiger partial charge in [0, 0.05) is 31.4 Å². The predicted molar refractivity (Wildman–Crippen MR) is 225 cm³/mol. The zero-order valence-corrected chi connectivity index (χ0v) is 29.2. The average Bonchev–Trinajstić information content (AvgIpc) is 3.61. The molecule has 244 valence electrons. The normalized spacial score (nSPS) is 11.5. The van der Waals surface area contributed by atoms with E-state index < -0.39 is 0 Å². The van der Waals surface area contributed by atoms with Crippen molar-refractivity contribution in [2.75, 3.05) is 4.90 Å². The van der Waals surface area contributed by atoms with Crippen LogP contribution < -0.4 is 4.90 Å². The SMILES string of the molecule is c1ccc(-c2ccccc2N(c2ccc3cc(-c4ccc(-c5ccc6ccccc6c5)cc4)ccc3c2)c2cccc3sc4ccccc4c23)cc1. The van der Waals surface area contributed by atoms with Crippen LogP contribution in [0.25, 0.3) is 75.1 Å². The van der Waals surface area contributed by atoms with Gasteiger partial charge < -0.3 is 4.90 Å². The smallest absolute Gasteiger partial charge is 0.0555 e. The van der Waals surface area contributed by atoms with Crippen LogP contribution in [0.2, 0.25) is 0 Å². The number of hydrogen-bond donors (Lipinski definition) is 0. The molecule has 9 aromatic carbocycles. The first-order valence-corrected chi connectivity index (χ1v) is 18.6. The Labute approximate surface area is 307 Å². The van der Waals surface area contributed by atoms with Gasteiger partial charge in [0.05, 0.1) is 11.4 Å². The number of thiophene rings is 1. The van der Waals surface area contributed by atoms with E-state index in [0.717, 1.165) is 11.4 Å². The summed E-state index contributed by atoms with van der Waals surface area (Å²) in [7, 11) is 0. The highest BCUT2D eigenvalue weighted by Crippen LogP contribution is 2.47. The van der Waals surface area contributed by atoms with E-state index in [4.69, 9.17) is 0 Å². The minimum atomic E-state index is 1.13. The summed E-state index contributed by atoms with van der Waals surface area (Å²) >= 11 is 1.86. The fraction of sp³-hybridized carbons (Fsp3) is 0. The molecule has 0 radical (unpaired) electrons. The molecule has 0 spiro atoms. The molecular weight excluding hydrogens is 647 g/mol. The minimum Gasteiger partial charge on any atom is -0.309 e. The van der Waals surface area contributed by atoms with Gasteiger partial charge in [-0.2, -0.15) is 0 Å². The Morgan fingerprint density at radius 1 is 0.327 bits per heavy atom. The predicted octanol–water partition coefficient (Wildman–Crippen LogP) is 14.8. The molecule has 0 amide bonds. The molecule has 0 saturated carbocycles. The van der Waals surface area contributed by atoms with Crippen LogP contribution in [0, 0.1) is 0 Å². The maximum atomic E-state index is 2.46. The zero-order valence-electron chi connectivity index (χ0n) is 28.4. The lowest BCUT2D eigenvalue weighted by molar-refractivity contribution is 1.31. The highest BCUT2D eigenvalue weighted by molar-refractivity contribution is 7.26. The molecule has 0 atom stereocenters. The highest BCUT2D eigenvalue weighted by atomic mass is 32.1. The first-order valence-electron chi connectivity index (χ1n) is 17.8. The molecule has 0 aliphatic carbocycles. The van der Waals surface area contributed by atoms with E-state index in [1.54, 1.807) is 0 Å². The van der Waals surface area contributed by atoms with E-state index in [9.17, 15) is 0 Å². The number of para-hydroxylation sites is 1. The Balaban J connectivity index is 1.08. The van der Waals surface area contributed by atoms with Gasteiger partial charge in [0.15, 0.2) is 0 Å². The second-order valence-electron chi connectivity index (χ2n) is 13.4. The van der Waals surface area contributed by atoms with Gasteiger partial charge in [0.25, 0.3) is 0 Å². The number of fused-ring (bicyclic) bond motifs is 5. The number of benzene rings is 9. The molecule has 2 heteroatoms. The van der Waals surface area contributed by atoms with Crippen LogP contribution in [0.5, 0.6) is 0 Å². The molecule has 0 fully saturated rings. The lowest BCUT2D eigenvalue weighted by Crippen LogP contribution is -2.11. The molecule has 0 aliphatic rings. The average molecular weight is 680 g/mol. The van der Waals surface area contributed by atoms with Crippen LogP contribution in [0.1, 0.15) is 0 Å². The molecule has 0 bridgehead atoms. The van der Waals surface area contributed by atoms with E-state index in [1.165, 1.54) is 80.8 Å². The van der Waals surface area contributed by atoms with Crippen molar-refractivity contribution in [2.24, 2.45) is 0 Å². The van der Waals surface area contributed by atoms with Crippen LogP contribution in [-0.4, -0.2) is 0 Å². The summed E-state index contributed by atoms with van der Waals surface area (Å²) in [6.07, 6.45) is 0. The summed E-state index contributed by atoms with van der Waals surface area (Å²) in [5, 5.41) is 7.53. The van der Waals surface area contributed by atoms with Crippen molar-refractivity contribution in [3.8, 4) is 33.4 Å². The molecule has 0 saturated heterocycles. The first kappa shape index (κ1) is 30.4. The molecule has 0 aliphatic heterocycles. The molecule has 10 aromatic rings. The third-order valence-electron chi connectivity index (χ3n) is 10.2. The maximum Gasteiger partial charge on any atom is 0.0555 e. The summed E-state index contributed by atoms with van der Waals surface area (Å²) in [4.78, 5) is 2.46. The van der Waals surface area contributed by atoms with Gasteiger partial charge in [-0.1, -0.05) is 152 Å². The summed E-state index contributed by atoms with van der Waals surface area (Å²) in [5.41, 5.74) is 10.7. The Hall–Kier alpha value is -6.48. The fourth-order valence-electron chi connectivity index (χ4n) is 7.66. The zero-order chi connectivity index (χ0) is 34.4. The molecule has 1 nitrogen and oxygen atoms in total. The van der Waals surface area contributed by atoms with Crippen LogP contribution in [-0.2, 0) is 0 Å². The summed E-state index contributed by atoms with van der Waals surface area (Å²) in [6.45, 7) is 0. The molecule has 1 aromatic heterocycles. The number of nitrogens with zero attached hydrogens (tertiary/aromatic N) is 1. The number of rotatable bonds is 6. The second kappa shape index (κ2) is 12.7. The van der Waals surface area contributed by atoms with Crippen LogP contribution in [0.3, 0.4) is 0 Å². The highest BCUT2D eigenvalue weighted by Gasteiger charge is 2.21. The monoisotopic (exact) mass is 679 g/mol. The van der Waals surface area contributed by atoms with Crippen molar-refractivity contribution in [2.45, 2.75) is 0 Å². The quantitative estimate of drug-likeness (QED) is 0.169. The Kier molecular flexibility index (Phi) is 7.41. The molecule has 0 N–H and O–H groups in total. The van der Waals surface area contributed by atoms with Gasteiger partial charge in [-0.15, -0.1) is 11.3 Å². The Morgan fingerprint density at radius 3 is 1.69 bits per heavy atom. The van der Waals surface area contributed by atoms with E-state index in [-0.39, 0.29) is 0 Å². The van der Waals surface area contributed by atoms with Crippen molar-refractivity contribution in [1.29, 1.82) is 0 Å². The number of hydrogen-bond acceptors (Lipinski definition) is 2. The maximum absolute atomic E-state index is 2.46. The van der Waals surface area contributed by atoms with Gasteiger partial charge in [-0.3, -0.25) is 0 Å². The van der Waals surface area contributed by atoms with E-state index >= 15 is 0 Å². The third-order valence-corrected chi connectivity index (χ3v) is 11.4. The van der Waals surface area contributed by atoms with Crippen LogP contribution in [0.15, 0.2) is 200 Å². The summed E-state index contributed by atoms with van der Waals surface area (Å²) in [5.74, 6) is 0. The fourth-order valence-corrected chi connectivity index (χ4v) is 8.78. The van der Waals surface area contributed by atoms with E-state index in [1.807, 2.05) is 11.3 Å². The standard InChI is InChI=1S/C50H33NS/c1-2-12-37(13-3-1)44-15-6-8-17-46(44)51(47-18-10-20-49-50(47)45-16-7-9-19-48(45)52-49)43-30-29-41-32-40(27-28-42(41)33-43)36-23-21-35(22-24-36)39-26-25-34-11-4-5-14-38(34)31-39/h1-33H. The molecule has 10 rings (SSSR count). The van der Waals surface area contributed by atoms with E-state index in [0.29, 0.717) is 0 Å². The van der Waals surface area contributed by atoms with Crippen LogP contribution >= 0.6 is 11.3 Å². The topological polar surface area (TPSA) is 3.24 Å². The molecular formula is C50H33NS. The van der Waals surface area contributed by atoms with Crippen molar-refractivity contribution in [3.63, 3.8) is 0 Å². The van der Waals surface area contributed by atoms with Gasteiger partial charge in [0.2, 0.25) is 0 Å². The van der Waals surface area contributed by atoms with Crippen LogP contribution in [0.4, 0.5) is 17.1 Å². The van der Waals surface area contributed by atoms with E-state index in [2.05, 4.69) is 205 Å². The van der Waals surface area contributed by atoms with Gasteiger partial charge in [0.1, 0.15) is 0 Å². The van der Waals surface area contributed by atoms with Gasteiger partial charge >= 0.3 is 0 Å². The molecule has 1 heterocycles. The summed E-state index contributed by atoms with van der Waals surface area (Å²) in [6, 6.07) is 73.0. The third kappa shape index (κ3) is 5.33. The lowest BCUT2D eigenvalue weighted by Gasteiger charge is -2.29. The molecule has 0 unspecified atom stereocenters. The second-order valence-corrected chi connectivity index (χ2v) is 14.4.